The van der Waals surface area contributed by atoms with Gasteiger partial charge in [-0.05, 0) is 60.0 Å². The van der Waals surface area contributed by atoms with Crippen molar-refractivity contribution in [3.63, 3.8) is 0 Å². The number of rotatable bonds is 14. The molecule has 3 saturated heterocycles. The zero-order valence-corrected chi connectivity index (χ0v) is 36.1. The molecule has 4 aliphatic heterocycles. The minimum absolute atomic E-state index is 0.0437. The highest BCUT2D eigenvalue weighted by molar-refractivity contribution is 6.91. The summed E-state index contributed by atoms with van der Waals surface area (Å²) in [6, 6.07) is 20.8. The Balaban J connectivity index is 1.21. The van der Waals surface area contributed by atoms with E-state index >= 15 is 4.79 Å². The average Bonchev–Trinajstić information content (AvgIpc) is 3.86. The fraction of sp³-hybridized carbons (Fsp3) is 0.432. The van der Waals surface area contributed by atoms with Crippen molar-refractivity contribution in [3.05, 3.63) is 89.7 Å². The van der Waals surface area contributed by atoms with E-state index in [2.05, 4.69) is 42.5 Å². The molecule has 5 heterocycles. The van der Waals surface area contributed by atoms with Gasteiger partial charge in [0, 0.05) is 62.5 Å². The van der Waals surface area contributed by atoms with Crippen LogP contribution in [-0.4, -0.2) is 90.1 Å². The van der Waals surface area contributed by atoms with Gasteiger partial charge >= 0.3 is 11.9 Å². The molecule has 4 aliphatic rings. The third-order valence-corrected chi connectivity index (χ3v) is 17.0. The molecule has 17 heteroatoms. The summed E-state index contributed by atoms with van der Waals surface area (Å²) >= 11 is 0. The summed E-state index contributed by atoms with van der Waals surface area (Å²) in [5.74, 6) is -1.31. The number of methoxy groups -OCH3 is 1. The Morgan fingerprint density at radius 2 is 1.57 bits per heavy atom. The lowest BCUT2D eigenvalue weighted by molar-refractivity contribution is -0.155. The Kier molecular flexibility index (Phi) is 11.1. The SMILES string of the molecule is COc1ccc([Si](C)(C)[C@H]2[C@H](CCn3cc(CCO)nn3)O[C@@]3(C(=O)N(Cc4cccc(N5C(=O)CC5OC(C)=O)c4)c4ccc(N5C(=O)CC5OC(C)=O)cc43)[C@@H]2C)cc1. The first-order valence-corrected chi connectivity index (χ1v) is 23.6. The van der Waals surface area contributed by atoms with Crippen LogP contribution in [0.3, 0.4) is 0 Å². The number of anilines is 3. The van der Waals surface area contributed by atoms with Crippen molar-refractivity contribution in [2.45, 2.75) is 102 Å². The number of aliphatic hydroxyl groups is 1. The molecule has 16 nitrogen and oxygen atoms in total. The third-order valence-electron chi connectivity index (χ3n) is 12.6. The van der Waals surface area contributed by atoms with E-state index in [4.69, 9.17) is 18.9 Å². The monoisotopic (exact) mass is 850 g/mol. The Morgan fingerprint density at radius 1 is 0.918 bits per heavy atom. The summed E-state index contributed by atoms with van der Waals surface area (Å²) < 4.78 is 25.5. The van der Waals surface area contributed by atoms with E-state index in [1.165, 1.54) is 23.6 Å². The van der Waals surface area contributed by atoms with Crippen molar-refractivity contribution in [2.75, 3.05) is 28.4 Å². The zero-order chi connectivity index (χ0) is 43.4. The molecule has 0 saturated carbocycles. The third kappa shape index (κ3) is 7.37. The number of β-lactam (4-membered cyclic amide) rings is 2. The molecule has 1 spiro atoms. The fourth-order valence-corrected chi connectivity index (χ4v) is 13.8. The van der Waals surface area contributed by atoms with Crippen molar-refractivity contribution < 1.29 is 48.0 Å². The molecular formula is C44H50N6O10Si. The minimum atomic E-state index is -2.53. The summed E-state index contributed by atoms with van der Waals surface area (Å²) in [6.45, 7) is 9.79. The van der Waals surface area contributed by atoms with Crippen LogP contribution in [0.1, 0.15) is 56.9 Å². The molecule has 3 aromatic carbocycles. The quantitative estimate of drug-likeness (QED) is 0.110. The smallest absolute Gasteiger partial charge is 0.304 e. The number of esters is 2. The van der Waals surface area contributed by atoms with Gasteiger partial charge < -0.3 is 29.0 Å². The molecule has 0 bridgehead atoms. The number of hydrogen-bond donors (Lipinski definition) is 1. The van der Waals surface area contributed by atoms with Crippen LogP contribution in [0.25, 0.3) is 0 Å². The number of aliphatic hydroxyl groups excluding tert-OH is 1. The number of carbonyl (C=O) groups is 5. The van der Waals surface area contributed by atoms with Crippen LogP contribution < -0.4 is 24.6 Å². The van der Waals surface area contributed by atoms with Gasteiger partial charge in [-0.15, -0.1) is 5.10 Å². The highest BCUT2D eigenvalue weighted by atomic mass is 28.3. The number of fused-ring (bicyclic) bond motifs is 2. The number of carbonyl (C=O) groups excluding carboxylic acids is 5. The number of benzene rings is 3. The van der Waals surface area contributed by atoms with Crippen molar-refractivity contribution >= 4 is 60.0 Å². The second kappa shape index (κ2) is 16.2. The number of aryl methyl sites for hydroxylation is 1. The summed E-state index contributed by atoms with van der Waals surface area (Å²) in [5, 5.41) is 19.2. The van der Waals surface area contributed by atoms with Gasteiger partial charge in [-0.3, -0.25) is 38.5 Å². The maximum atomic E-state index is 15.6. The van der Waals surface area contributed by atoms with Crippen molar-refractivity contribution in [1.29, 1.82) is 0 Å². The Labute approximate surface area is 354 Å². The Bertz CT molecular complexity index is 2390. The number of nitrogens with zero attached hydrogens (tertiary/aromatic N) is 6. The van der Waals surface area contributed by atoms with Gasteiger partial charge in [0.15, 0.2) is 18.1 Å². The first-order chi connectivity index (χ1) is 29.2. The van der Waals surface area contributed by atoms with E-state index in [1.54, 1.807) is 34.9 Å². The molecule has 2 unspecified atom stereocenters. The molecule has 320 valence electrons. The molecule has 1 N–H and O–H groups in total. The van der Waals surface area contributed by atoms with Crippen LogP contribution in [0.4, 0.5) is 17.1 Å². The first-order valence-electron chi connectivity index (χ1n) is 20.5. The molecule has 6 atom stereocenters. The normalized spacial score (nSPS) is 24.5. The van der Waals surface area contributed by atoms with Gasteiger partial charge in [0.1, 0.15) is 5.75 Å². The molecule has 61 heavy (non-hydrogen) atoms. The van der Waals surface area contributed by atoms with Crippen LogP contribution in [-0.2, 0) is 63.3 Å². The summed E-state index contributed by atoms with van der Waals surface area (Å²) in [5.41, 5.74) is 2.02. The second-order valence-corrected chi connectivity index (χ2v) is 21.4. The molecule has 0 aliphatic carbocycles. The molecule has 0 radical (unpaired) electrons. The van der Waals surface area contributed by atoms with Crippen molar-refractivity contribution in [1.82, 2.24) is 15.0 Å². The lowest BCUT2D eigenvalue weighted by Crippen LogP contribution is -2.55. The Hall–Kier alpha value is -5.91. The van der Waals surface area contributed by atoms with E-state index in [0.29, 0.717) is 47.7 Å². The van der Waals surface area contributed by atoms with Crippen LogP contribution in [0.2, 0.25) is 18.6 Å². The number of amides is 3. The molecular weight excluding hydrogens is 801 g/mol. The molecule has 3 fully saturated rings. The standard InChI is InChI=1S/C44H50N6O10Si/c1-26-42(61(5,6)34-13-11-33(57-4)12-14-34)37(16-18-47-25-30(17-19-51)45-46-47)60-44(26)35-21-32(50-39(55)23-41(50)59-28(3)53)10-15-36(35)48(43(44)56)24-29-8-7-9-31(20-29)49-38(54)22-40(49)58-27(2)52/h7-15,20-21,25-26,37,40-42,51H,16-19,22-24H2,1-6H3/t26-,37+,40?,41?,42-,44+/m1/s1. The maximum Gasteiger partial charge on any atom is 0.304 e. The molecule has 4 aromatic rings. The summed E-state index contributed by atoms with van der Waals surface area (Å²) in [4.78, 5) is 69.9. The topological polar surface area (TPSA) is 183 Å². The van der Waals surface area contributed by atoms with E-state index < -0.39 is 44.2 Å². The summed E-state index contributed by atoms with van der Waals surface area (Å²) in [6.07, 6.45) is 0.902. The largest absolute Gasteiger partial charge is 0.497 e. The predicted molar refractivity (Wildman–Crippen MR) is 224 cm³/mol. The highest BCUT2D eigenvalue weighted by Gasteiger charge is 2.66. The minimum Gasteiger partial charge on any atom is -0.497 e. The van der Waals surface area contributed by atoms with Gasteiger partial charge in [0.25, 0.3) is 5.91 Å². The van der Waals surface area contributed by atoms with Crippen LogP contribution >= 0.6 is 0 Å². The first kappa shape index (κ1) is 41.8. The average molecular weight is 851 g/mol. The van der Waals surface area contributed by atoms with E-state index in [0.717, 1.165) is 16.5 Å². The van der Waals surface area contributed by atoms with Crippen LogP contribution in [0.15, 0.2) is 72.9 Å². The molecule has 1 aromatic heterocycles. The number of ether oxygens (including phenoxy) is 4. The highest BCUT2D eigenvalue weighted by Crippen LogP contribution is 2.61. The van der Waals surface area contributed by atoms with Crippen molar-refractivity contribution in [2.24, 2.45) is 5.92 Å². The molecule has 3 amide bonds. The lowest BCUT2D eigenvalue weighted by atomic mass is 9.82. The van der Waals surface area contributed by atoms with Gasteiger partial charge in [0.2, 0.25) is 11.8 Å². The number of hydrogen-bond acceptors (Lipinski definition) is 12. The van der Waals surface area contributed by atoms with Gasteiger partial charge in [-0.1, -0.05) is 54.7 Å². The van der Waals surface area contributed by atoms with E-state index in [9.17, 15) is 24.3 Å². The summed E-state index contributed by atoms with van der Waals surface area (Å²) in [7, 11) is -0.903. The van der Waals surface area contributed by atoms with Gasteiger partial charge in [-0.25, -0.2) is 0 Å². The van der Waals surface area contributed by atoms with Crippen molar-refractivity contribution in [3.8, 4) is 5.75 Å². The maximum absolute atomic E-state index is 15.6. The Morgan fingerprint density at radius 3 is 2.18 bits per heavy atom. The molecule has 8 rings (SSSR count). The van der Waals surface area contributed by atoms with E-state index in [1.807, 2.05) is 42.6 Å². The van der Waals surface area contributed by atoms with E-state index in [-0.39, 0.29) is 55.2 Å². The van der Waals surface area contributed by atoms with Crippen LogP contribution in [0, 0.1) is 5.92 Å². The number of aromatic nitrogens is 3. The zero-order valence-electron chi connectivity index (χ0n) is 35.1. The van der Waals surface area contributed by atoms with Gasteiger partial charge in [0.05, 0.1) is 52.1 Å². The fourth-order valence-electron chi connectivity index (χ4n) is 9.77. The lowest BCUT2D eigenvalue weighted by Gasteiger charge is -2.39. The predicted octanol–water partition coefficient (Wildman–Crippen LogP) is 3.93. The van der Waals surface area contributed by atoms with Crippen LogP contribution in [0.5, 0.6) is 5.75 Å². The van der Waals surface area contributed by atoms with Gasteiger partial charge in [-0.2, -0.15) is 0 Å². The second-order valence-electron chi connectivity index (χ2n) is 16.7.